The highest BCUT2D eigenvalue weighted by atomic mass is 16.4. The third kappa shape index (κ3) is 3.53. The van der Waals surface area contributed by atoms with E-state index in [1.165, 1.54) is 25.3 Å². The third-order valence-electron chi connectivity index (χ3n) is 11.7. The van der Waals surface area contributed by atoms with Crippen LogP contribution in [0, 0.1) is 39.4 Å². The maximum absolute atomic E-state index is 12.8. The van der Waals surface area contributed by atoms with Crippen molar-refractivity contribution in [2.45, 2.75) is 112 Å². The van der Waals surface area contributed by atoms with E-state index in [1.54, 1.807) is 5.57 Å². The molecule has 0 heterocycles. The van der Waals surface area contributed by atoms with Gasteiger partial charge in [0, 0.05) is 11.8 Å². The van der Waals surface area contributed by atoms with E-state index in [0.717, 1.165) is 25.7 Å². The van der Waals surface area contributed by atoms with Crippen LogP contribution in [0.15, 0.2) is 23.3 Å². The second-order valence-corrected chi connectivity index (χ2v) is 13.8. The molecule has 0 aliphatic heterocycles. The van der Waals surface area contributed by atoms with Gasteiger partial charge < -0.3 is 15.3 Å². The zero-order chi connectivity index (χ0) is 25.3. The number of aliphatic hydroxyl groups excluding tert-OH is 2. The van der Waals surface area contributed by atoms with E-state index >= 15 is 0 Å². The first-order valence-corrected chi connectivity index (χ1v) is 13.6. The zero-order valence-electron chi connectivity index (χ0n) is 22.6. The number of carbonyl (C=O) groups is 1. The molecule has 8 atom stereocenters. The average Bonchev–Trinajstić information content (AvgIpc) is 3.06. The van der Waals surface area contributed by atoms with E-state index in [4.69, 9.17) is 0 Å². The number of allylic oxidation sites excluding steroid dienone is 4. The first-order valence-electron chi connectivity index (χ1n) is 13.6. The predicted octanol–water partition coefficient (Wildman–Crippen LogP) is 5.60. The SMILES string of the molecule is C[C@H](CC[C@@H](O)[C@@](C)(O)CO)[C@H]1CC[C@@]2(C)C3=CC[C@H]4C(C)(C)C(=O)CC[C@]4(C)C3=CC[C@]12C. The smallest absolute Gasteiger partial charge is 0.138 e. The molecule has 0 bridgehead atoms. The Morgan fingerprint density at radius 2 is 1.76 bits per heavy atom. The maximum atomic E-state index is 12.8. The van der Waals surface area contributed by atoms with Gasteiger partial charge in [0.15, 0.2) is 0 Å². The van der Waals surface area contributed by atoms with Gasteiger partial charge in [-0.05, 0) is 97.0 Å². The number of aliphatic hydroxyl groups is 3. The summed E-state index contributed by atoms with van der Waals surface area (Å²) in [6.07, 6.45) is 11.6. The minimum Gasteiger partial charge on any atom is -0.393 e. The normalized spacial score (nSPS) is 42.5. The summed E-state index contributed by atoms with van der Waals surface area (Å²) >= 11 is 0. The Kier molecular flexibility index (Phi) is 6.36. The highest BCUT2D eigenvalue weighted by Crippen LogP contribution is 2.71. The summed E-state index contributed by atoms with van der Waals surface area (Å²) in [6, 6.07) is 0. The molecule has 2 saturated carbocycles. The maximum Gasteiger partial charge on any atom is 0.138 e. The van der Waals surface area contributed by atoms with Crippen LogP contribution in [0.4, 0.5) is 0 Å². The molecule has 34 heavy (non-hydrogen) atoms. The van der Waals surface area contributed by atoms with Crippen molar-refractivity contribution < 1.29 is 20.1 Å². The molecule has 192 valence electrons. The number of hydrogen-bond acceptors (Lipinski definition) is 4. The summed E-state index contributed by atoms with van der Waals surface area (Å²) in [5.74, 6) is 1.79. The number of rotatable bonds is 6. The van der Waals surface area contributed by atoms with Crippen molar-refractivity contribution in [1.29, 1.82) is 0 Å². The summed E-state index contributed by atoms with van der Waals surface area (Å²) in [7, 11) is 0. The highest BCUT2D eigenvalue weighted by molar-refractivity contribution is 5.86. The Labute approximate surface area is 206 Å². The van der Waals surface area contributed by atoms with Crippen molar-refractivity contribution >= 4 is 5.78 Å². The first-order chi connectivity index (χ1) is 15.6. The third-order valence-corrected chi connectivity index (χ3v) is 11.7. The number of hydrogen-bond donors (Lipinski definition) is 3. The standard InChI is InChI=1S/C30H48O4/c1-19(8-11-25(33)30(7,34)18-31)20-12-16-29(6)22-9-10-23-26(2,3)24(32)14-15-27(23,4)21(22)13-17-28(20,29)5/h9,13,19-20,23,25,31,33-34H,8,10-12,14-18H2,1-7H3/t19-,20-,23+,25-,27-,28-,29+,30+/m1/s1. The number of fused-ring (bicyclic) bond motifs is 5. The van der Waals surface area contributed by atoms with Crippen LogP contribution < -0.4 is 0 Å². The van der Waals surface area contributed by atoms with Crippen molar-refractivity contribution in [3.63, 3.8) is 0 Å². The van der Waals surface area contributed by atoms with Crippen molar-refractivity contribution in [2.75, 3.05) is 6.61 Å². The van der Waals surface area contributed by atoms with Gasteiger partial charge in [-0.15, -0.1) is 0 Å². The summed E-state index contributed by atoms with van der Waals surface area (Å²) < 4.78 is 0. The molecule has 4 aliphatic rings. The molecule has 0 amide bonds. The van der Waals surface area contributed by atoms with Gasteiger partial charge >= 0.3 is 0 Å². The van der Waals surface area contributed by atoms with Crippen molar-refractivity contribution in [3.8, 4) is 0 Å². The molecule has 2 fully saturated rings. The number of ketones is 1. The monoisotopic (exact) mass is 472 g/mol. The van der Waals surface area contributed by atoms with Gasteiger partial charge in [0.1, 0.15) is 11.4 Å². The molecule has 0 aromatic rings. The van der Waals surface area contributed by atoms with Crippen LogP contribution in [0.25, 0.3) is 0 Å². The van der Waals surface area contributed by atoms with Crippen LogP contribution in [0.3, 0.4) is 0 Å². The van der Waals surface area contributed by atoms with Gasteiger partial charge in [0.05, 0.1) is 12.7 Å². The van der Waals surface area contributed by atoms with Gasteiger partial charge in [-0.3, -0.25) is 4.79 Å². The fourth-order valence-corrected chi connectivity index (χ4v) is 8.80. The van der Waals surface area contributed by atoms with E-state index in [0.29, 0.717) is 36.4 Å². The second-order valence-electron chi connectivity index (χ2n) is 13.8. The van der Waals surface area contributed by atoms with Gasteiger partial charge in [0.2, 0.25) is 0 Å². The fraction of sp³-hybridized carbons (Fsp3) is 0.833. The lowest BCUT2D eigenvalue weighted by molar-refractivity contribution is -0.138. The summed E-state index contributed by atoms with van der Waals surface area (Å²) in [4.78, 5) is 12.8. The molecular formula is C30H48O4. The Morgan fingerprint density at radius 1 is 1.09 bits per heavy atom. The quantitative estimate of drug-likeness (QED) is 0.470. The fourth-order valence-electron chi connectivity index (χ4n) is 8.80. The molecular weight excluding hydrogens is 424 g/mol. The molecule has 0 radical (unpaired) electrons. The van der Waals surface area contributed by atoms with Crippen LogP contribution >= 0.6 is 0 Å². The molecule has 0 unspecified atom stereocenters. The molecule has 4 nitrogen and oxygen atoms in total. The minimum atomic E-state index is -1.44. The largest absolute Gasteiger partial charge is 0.393 e. The van der Waals surface area contributed by atoms with Crippen molar-refractivity contribution in [2.24, 2.45) is 39.4 Å². The molecule has 4 aliphatic carbocycles. The van der Waals surface area contributed by atoms with Crippen LogP contribution in [0.5, 0.6) is 0 Å². The lowest BCUT2D eigenvalue weighted by atomic mass is 9.44. The molecule has 4 heteroatoms. The summed E-state index contributed by atoms with van der Waals surface area (Å²) in [5.41, 5.74) is 1.76. The molecule has 4 rings (SSSR count). The lowest BCUT2D eigenvalue weighted by Gasteiger charge is -2.59. The molecule has 3 N–H and O–H groups in total. The van der Waals surface area contributed by atoms with Gasteiger partial charge in [-0.1, -0.05) is 53.7 Å². The van der Waals surface area contributed by atoms with Gasteiger partial charge in [-0.25, -0.2) is 0 Å². The van der Waals surface area contributed by atoms with Crippen LogP contribution in [-0.4, -0.2) is 39.4 Å². The zero-order valence-corrected chi connectivity index (χ0v) is 22.6. The minimum absolute atomic E-state index is 0.0789. The highest BCUT2D eigenvalue weighted by Gasteiger charge is 2.63. The molecule has 0 aromatic heterocycles. The molecule has 0 spiro atoms. The molecule has 0 saturated heterocycles. The van der Waals surface area contributed by atoms with Crippen LogP contribution in [-0.2, 0) is 4.79 Å². The van der Waals surface area contributed by atoms with E-state index in [-0.39, 0.29) is 21.7 Å². The Hall–Kier alpha value is -0.970. The average molecular weight is 473 g/mol. The topological polar surface area (TPSA) is 77.8 Å². The Balaban J connectivity index is 1.60. The van der Waals surface area contributed by atoms with Crippen LogP contribution in [0.1, 0.15) is 99.8 Å². The first kappa shape index (κ1) is 26.1. The lowest BCUT2D eigenvalue weighted by Crippen LogP contribution is -2.53. The Morgan fingerprint density at radius 3 is 2.41 bits per heavy atom. The van der Waals surface area contributed by atoms with Gasteiger partial charge in [0.25, 0.3) is 0 Å². The second kappa shape index (κ2) is 8.28. The predicted molar refractivity (Wildman–Crippen MR) is 136 cm³/mol. The van der Waals surface area contributed by atoms with Crippen molar-refractivity contribution in [1.82, 2.24) is 0 Å². The summed E-state index contributed by atoms with van der Waals surface area (Å²) in [5, 5.41) is 30.0. The van der Waals surface area contributed by atoms with Crippen LogP contribution in [0.2, 0.25) is 0 Å². The summed E-state index contributed by atoms with van der Waals surface area (Å²) in [6.45, 7) is 15.1. The van der Waals surface area contributed by atoms with E-state index in [9.17, 15) is 20.1 Å². The number of Topliss-reactive ketones (excluding diaryl/α,β-unsaturated/α-hetero) is 1. The van der Waals surface area contributed by atoms with E-state index in [2.05, 4.69) is 53.7 Å². The van der Waals surface area contributed by atoms with E-state index in [1.807, 2.05) is 0 Å². The van der Waals surface area contributed by atoms with E-state index < -0.39 is 18.3 Å². The molecule has 0 aromatic carbocycles. The van der Waals surface area contributed by atoms with Crippen molar-refractivity contribution in [3.05, 3.63) is 23.3 Å². The van der Waals surface area contributed by atoms with Gasteiger partial charge in [-0.2, -0.15) is 0 Å². The number of carbonyl (C=O) groups excluding carboxylic acids is 1. The Bertz CT molecular complexity index is 897.